The number of methoxy groups -OCH3 is 1. The average molecular weight is 461 g/mol. The maximum atomic E-state index is 12.8. The minimum atomic E-state index is -0.521. The van der Waals surface area contributed by atoms with E-state index >= 15 is 0 Å². The topological polar surface area (TPSA) is 127 Å². The predicted octanol–water partition coefficient (Wildman–Crippen LogP) is 4.97. The molecule has 0 bridgehead atoms. The molecule has 2 aromatic carbocycles. The minimum absolute atomic E-state index is 0.0139. The summed E-state index contributed by atoms with van der Waals surface area (Å²) in [4.78, 5) is 37.1. The molecule has 10 heteroatoms. The fourth-order valence-electron chi connectivity index (χ4n) is 3.28. The maximum absolute atomic E-state index is 12.8. The molecule has 1 saturated heterocycles. The van der Waals surface area contributed by atoms with E-state index in [4.69, 9.17) is 9.15 Å². The van der Waals surface area contributed by atoms with Crippen LogP contribution in [0.2, 0.25) is 0 Å². The Balaban J connectivity index is 1.60. The van der Waals surface area contributed by atoms with Gasteiger partial charge in [0, 0.05) is 18.2 Å². The van der Waals surface area contributed by atoms with Crippen LogP contribution >= 0.6 is 11.8 Å². The summed E-state index contributed by atoms with van der Waals surface area (Å²) in [5.41, 5.74) is 1.22. The number of nitriles is 1. The highest BCUT2D eigenvalue weighted by atomic mass is 32.2. The molecule has 1 aliphatic heterocycles. The number of imide groups is 1. The first-order valence-electron chi connectivity index (χ1n) is 9.57. The van der Waals surface area contributed by atoms with Gasteiger partial charge in [0.15, 0.2) is 0 Å². The molecule has 0 radical (unpaired) electrons. The van der Waals surface area contributed by atoms with Crippen molar-refractivity contribution in [2.24, 2.45) is 0 Å². The van der Waals surface area contributed by atoms with Crippen LogP contribution in [0.15, 0.2) is 63.9 Å². The molecule has 164 valence electrons. The fourth-order valence-corrected chi connectivity index (χ4v) is 4.10. The minimum Gasteiger partial charge on any atom is -0.496 e. The number of amides is 2. The Bertz CT molecular complexity index is 1350. The molecule has 33 heavy (non-hydrogen) atoms. The molecule has 0 saturated carbocycles. The van der Waals surface area contributed by atoms with E-state index in [1.807, 2.05) is 0 Å². The lowest BCUT2D eigenvalue weighted by molar-refractivity contribution is -0.384. The SMILES string of the molecule is COc1ccc([N+](=O)[O-])cc1-c1ccc(/C=C2/SC(=O)N(Cc3ccccc3C#N)C2=O)o1. The normalized spacial score (nSPS) is 14.5. The van der Waals surface area contributed by atoms with E-state index in [0.29, 0.717) is 34.0 Å². The van der Waals surface area contributed by atoms with Crippen LogP contribution < -0.4 is 4.74 Å². The van der Waals surface area contributed by atoms with Crippen LogP contribution in [0, 0.1) is 21.4 Å². The predicted molar refractivity (Wildman–Crippen MR) is 120 cm³/mol. The number of thioether (sulfide) groups is 1. The number of hydrogen-bond acceptors (Lipinski definition) is 8. The fraction of sp³-hybridized carbons (Fsp3) is 0.0870. The van der Waals surface area contributed by atoms with Crippen LogP contribution in [0.5, 0.6) is 5.75 Å². The number of nitro groups is 1. The second-order valence-electron chi connectivity index (χ2n) is 6.88. The van der Waals surface area contributed by atoms with E-state index in [2.05, 4.69) is 6.07 Å². The summed E-state index contributed by atoms with van der Waals surface area (Å²) in [7, 11) is 1.44. The molecule has 1 fully saturated rings. The van der Waals surface area contributed by atoms with Gasteiger partial charge in [-0.1, -0.05) is 18.2 Å². The van der Waals surface area contributed by atoms with Crippen molar-refractivity contribution in [3.8, 4) is 23.1 Å². The van der Waals surface area contributed by atoms with E-state index in [-0.39, 0.29) is 17.1 Å². The largest absolute Gasteiger partial charge is 0.496 e. The Labute approximate surface area is 192 Å². The standard InChI is InChI=1S/C23H15N3O6S/c1-31-19-8-6-16(26(29)30)10-18(19)20-9-7-17(32-20)11-21-22(27)25(23(28)33-21)13-15-5-3-2-4-14(15)12-24/h2-11H,13H2,1H3/b21-11+. The number of ether oxygens (including phenoxy) is 1. The molecule has 2 amide bonds. The molecule has 0 aliphatic carbocycles. The van der Waals surface area contributed by atoms with Gasteiger partial charge in [-0.25, -0.2) is 0 Å². The summed E-state index contributed by atoms with van der Waals surface area (Å²) >= 11 is 0.770. The molecule has 0 unspecified atom stereocenters. The lowest BCUT2D eigenvalue weighted by Gasteiger charge is -2.13. The van der Waals surface area contributed by atoms with Gasteiger partial charge in [-0.15, -0.1) is 0 Å². The van der Waals surface area contributed by atoms with Crippen LogP contribution in [0.25, 0.3) is 17.4 Å². The van der Waals surface area contributed by atoms with Gasteiger partial charge in [-0.05, 0) is 41.6 Å². The molecule has 0 atom stereocenters. The van der Waals surface area contributed by atoms with E-state index in [9.17, 15) is 25.0 Å². The van der Waals surface area contributed by atoms with Crippen LogP contribution in [-0.4, -0.2) is 28.1 Å². The summed E-state index contributed by atoms with van der Waals surface area (Å²) in [6, 6.07) is 16.1. The van der Waals surface area contributed by atoms with Crippen LogP contribution in [0.3, 0.4) is 0 Å². The van der Waals surface area contributed by atoms with Crippen molar-refractivity contribution in [3.63, 3.8) is 0 Å². The highest BCUT2D eigenvalue weighted by Gasteiger charge is 2.35. The van der Waals surface area contributed by atoms with Crippen LogP contribution in [0.1, 0.15) is 16.9 Å². The molecule has 0 spiro atoms. The molecule has 3 aromatic rings. The zero-order valence-corrected chi connectivity index (χ0v) is 18.0. The number of non-ortho nitro benzene ring substituents is 1. The Morgan fingerprint density at radius 2 is 2.00 bits per heavy atom. The van der Waals surface area contributed by atoms with Crippen LogP contribution in [0.4, 0.5) is 10.5 Å². The number of hydrogen-bond donors (Lipinski definition) is 0. The molecular formula is C23H15N3O6S. The number of carbonyl (C=O) groups is 2. The quantitative estimate of drug-likeness (QED) is 0.286. The number of benzene rings is 2. The van der Waals surface area contributed by atoms with Gasteiger partial charge < -0.3 is 9.15 Å². The average Bonchev–Trinajstić information content (AvgIpc) is 3.39. The summed E-state index contributed by atoms with van der Waals surface area (Å²) < 4.78 is 11.0. The zero-order chi connectivity index (χ0) is 23.5. The molecule has 4 rings (SSSR count). The van der Waals surface area contributed by atoms with Crippen molar-refractivity contribution in [3.05, 3.63) is 86.5 Å². The molecular weight excluding hydrogens is 446 g/mol. The van der Waals surface area contributed by atoms with E-state index in [0.717, 1.165) is 16.7 Å². The Morgan fingerprint density at radius 1 is 1.21 bits per heavy atom. The summed E-state index contributed by atoms with van der Waals surface area (Å²) in [6.45, 7) is -0.0139. The second kappa shape index (κ2) is 9.02. The van der Waals surface area contributed by atoms with Crippen molar-refractivity contribution in [2.45, 2.75) is 6.54 Å². The smallest absolute Gasteiger partial charge is 0.293 e. The van der Waals surface area contributed by atoms with Gasteiger partial charge in [0.25, 0.3) is 16.8 Å². The second-order valence-corrected chi connectivity index (χ2v) is 7.87. The molecule has 9 nitrogen and oxygen atoms in total. The first-order valence-corrected chi connectivity index (χ1v) is 10.4. The van der Waals surface area contributed by atoms with Crippen LogP contribution in [-0.2, 0) is 11.3 Å². The maximum Gasteiger partial charge on any atom is 0.293 e. The Kier molecular flexibility index (Phi) is 5.97. The van der Waals surface area contributed by atoms with Gasteiger partial charge in [0.1, 0.15) is 17.3 Å². The monoisotopic (exact) mass is 461 g/mol. The van der Waals surface area contributed by atoms with E-state index in [1.54, 1.807) is 36.4 Å². The Hall–Kier alpha value is -4.36. The number of nitro benzene ring substituents is 1. The lowest BCUT2D eigenvalue weighted by atomic mass is 10.1. The zero-order valence-electron chi connectivity index (χ0n) is 17.2. The summed E-state index contributed by atoms with van der Waals surface area (Å²) in [5.74, 6) is 0.493. The molecule has 0 N–H and O–H groups in total. The number of carbonyl (C=O) groups excluding carboxylic acids is 2. The van der Waals surface area contributed by atoms with Crippen molar-refractivity contribution in [2.75, 3.05) is 7.11 Å². The number of nitrogens with zero attached hydrogens (tertiary/aromatic N) is 3. The molecule has 1 aliphatic rings. The van der Waals surface area contributed by atoms with Gasteiger partial charge >= 0.3 is 0 Å². The van der Waals surface area contributed by atoms with Gasteiger partial charge in [0.05, 0.1) is 40.7 Å². The number of furan rings is 1. The summed E-state index contributed by atoms with van der Waals surface area (Å²) in [5, 5.41) is 19.9. The van der Waals surface area contributed by atoms with Gasteiger partial charge in [0.2, 0.25) is 0 Å². The van der Waals surface area contributed by atoms with Crippen molar-refractivity contribution < 1.29 is 23.7 Å². The number of rotatable bonds is 6. The van der Waals surface area contributed by atoms with Gasteiger partial charge in [-0.3, -0.25) is 24.6 Å². The van der Waals surface area contributed by atoms with Crippen molar-refractivity contribution >= 4 is 34.7 Å². The van der Waals surface area contributed by atoms with Gasteiger partial charge in [-0.2, -0.15) is 5.26 Å². The molecule has 1 aromatic heterocycles. The first-order chi connectivity index (χ1) is 15.9. The first kappa shape index (κ1) is 21.9. The summed E-state index contributed by atoms with van der Waals surface area (Å²) in [6.07, 6.45) is 1.44. The third-order valence-electron chi connectivity index (χ3n) is 4.90. The van der Waals surface area contributed by atoms with E-state index < -0.39 is 16.1 Å². The van der Waals surface area contributed by atoms with Crippen molar-refractivity contribution in [1.29, 1.82) is 5.26 Å². The van der Waals surface area contributed by atoms with E-state index in [1.165, 1.54) is 31.4 Å². The highest BCUT2D eigenvalue weighted by molar-refractivity contribution is 8.18. The molecule has 2 heterocycles. The lowest BCUT2D eigenvalue weighted by Crippen LogP contribution is -2.27. The highest BCUT2D eigenvalue weighted by Crippen LogP contribution is 2.37. The third kappa shape index (κ3) is 4.35. The third-order valence-corrected chi connectivity index (χ3v) is 5.81. The Morgan fingerprint density at radius 3 is 2.73 bits per heavy atom. The van der Waals surface area contributed by atoms with Crippen molar-refractivity contribution in [1.82, 2.24) is 4.90 Å².